The van der Waals surface area contributed by atoms with Crippen molar-refractivity contribution in [1.29, 1.82) is 0 Å². The van der Waals surface area contributed by atoms with Gasteiger partial charge in [0.25, 0.3) is 0 Å². The maximum atomic E-state index is 11.9. The lowest BCUT2D eigenvalue weighted by Crippen LogP contribution is -2.21. The number of rotatable bonds is 2. The molecule has 0 saturated carbocycles. The highest BCUT2D eigenvalue weighted by molar-refractivity contribution is 5.77. The van der Waals surface area contributed by atoms with Crippen LogP contribution < -0.4 is 10.4 Å². The largest absolute Gasteiger partial charge is 0.497 e. The Hall–Kier alpha value is -1.75. The number of imidazole rings is 1. The molecular formula is C12H14N2O3. The first-order valence-electron chi connectivity index (χ1n) is 5.69. The van der Waals surface area contributed by atoms with E-state index in [2.05, 4.69) is 4.98 Å². The lowest BCUT2D eigenvalue weighted by atomic mass is 10.3. The maximum Gasteiger partial charge on any atom is 0.328 e. The molecular weight excluding hydrogens is 220 g/mol. The highest BCUT2D eigenvalue weighted by Gasteiger charge is 2.21. The van der Waals surface area contributed by atoms with Gasteiger partial charge >= 0.3 is 5.69 Å². The smallest absolute Gasteiger partial charge is 0.328 e. The van der Waals surface area contributed by atoms with Gasteiger partial charge < -0.3 is 14.5 Å². The van der Waals surface area contributed by atoms with Crippen LogP contribution in [-0.4, -0.2) is 23.3 Å². The minimum Gasteiger partial charge on any atom is -0.497 e. The van der Waals surface area contributed by atoms with Crippen molar-refractivity contribution in [3.05, 3.63) is 28.7 Å². The van der Waals surface area contributed by atoms with Gasteiger partial charge in [-0.3, -0.25) is 4.57 Å². The lowest BCUT2D eigenvalue weighted by Gasteiger charge is -2.11. The summed E-state index contributed by atoms with van der Waals surface area (Å²) in [7, 11) is 1.61. The van der Waals surface area contributed by atoms with Crippen LogP contribution in [0.3, 0.4) is 0 Å². The van der Waals surface area contributed by atoms with Crippen molar-refractivity contribution in [3.8, 4) is 5.75 Å². The SMILES string of the molecule is COc1ccc2c(c1)[nH]c(=O)n2C1CCCO1. The fourth-order valence-electron chi connectivity index (χ4n) is 2.29. The third-order valence-electron chi connectivity index (χ3n) is 3.12. The van der Waals surface area contributed by atoms with E-state index in [1.165, 1.54) is 0 Å². The van der Waals surface area contributed by atoms with Gasteiger partial charge in [0.1, 0.15) is 12.0 Å². The average molecular weight is 234 g/mol. The molecule has 0 spiro atoms. The zero-order valence-corrected chi connectivity index (χ0v) is 9.60. The van der Waals surface area contributed by atoms with Gasteiger partial charge in [0.15, 0.2) is 0 Å². The van der Waals surface area contributed by atoms with Gasteiger partial charge in [-0.1, -0.05) is 0 Å². The second kappa shape index (κ2) is 3.92. The molecule has 0 bridgehead atoms. The van der Waals surface area contributed by atoms with Crippen LogP contribution in [0.15, 0.2) is 23.0 Å². The molecule has 1 saturated heterocycles. The molecule has 1 aromatic heterocycles. The van der Waals surface area contributed by atoms with Crippen molar-refractivity contribution < 1.29 is 9.47 Å². The Kier molecular flexibility index (Phi) is 2.40. The van der Waals surface area contributed by atoms with Gasteiger partial charge in [-0.15, -0.1) is 0 Å². The number of H-pyrrole nitrogens is 1. The van der Waals surface area contributed by atoms with Crippen LogP contribution in [0.4, 0.5) is 0 Å². The van der Waals surface area contributed by atoms with E-state index in [0.29, 0.717) is 0 Å². The number of fused-ring (bicyclic) bond motifs is 1. The summed E-state index contributed by atoms with van der Waals surface area (Å²) in [5.74, 6) is 0.734. The highest BCUT2D eigenvalue weighted by atomic mass is 16.5. The third-order valence-corrected chi connectivity index (χ3v) is 3.12. The van der Waals surface area contributed by atoms with E-state index in [0.717, 1.165) is 36.2 Å². The third kappa shape index (κ3) is 1.63. The normalized spacial score (nSPS) is 19.9. The predicted molar refractivity (Wildman–Crippen MR) is 63.3 cm³/mol. The van der Waals surface area contributed by atoms with E-state index >= 15 is 0 Å². The Morgan fingerprint density at radius 3 is 3.12 bits per heavy atom. The number of ether oxygens (including phenoxy) is 2. The van der Waals surface area contributed by atoms with Gasteiger partial charge in [-0.2, -0.15) is 0 Å². The van der Waals surface area contributed by atoms with E-state index in [1.807, 2.05) is 18.2 Å². The molecule has 0 aliphatic carbocycles. The predicted octanol–water partition coefficient (Wildman–Crippen LogP) is 1.65. The van der Waals surface area contributed by atoms with Crippen molar-refractivity contribution in [2.24, 2.45) is 0 Å². The zero-order valence-electron chi connectivity index (χ0n) is 9.60. The summed E-state index contributed by atoms with van der Waals surface area (Å²) in [6, 6.07) is 5.55. The number of benzene rings is 1. The summed E-state index contributed by atoms with van der Waals surface area (Å²) in [5, 5.41) is 0. The summed E-state index contributed by atoms with van der Waals surface area (Å²) in [6.07, 6.45) is 1.75. The molecule has 1 atom stereocenters. The molecule has 1 N–H and O–H groups in total. The van der Waals surface area contributed by atoms with Crippen LogP contribution in [0.1, 0.15) is 19.1 Å². The number of methoxy groups -OCH3 is 1. The molecule has 1 aliphatic rings. The Bertz CT molecular complexity index is 593. The zero-order chi connectivity index (χ0) is 11.8. The number of hydrogen-bond donors (Lipinski definition) is 1. The summed E-state index contributed by atoms with van der Waals surface area (Å²) in [5.41, 5.74) is 1.52. The van der Waals surface area contributed by atoms with E-state index in [4.69, 9.17) is 9.47 Å². The summed E-state index contributed by atoms with van der Waals surface area (Å²) >= 11 is 0. The first-order valence-corrected chi connectivity index (χ1v) is 5.69. The van der Waals surface area contributed by atoms with E-state index in [9.17, 15) is 4.79 Å². The quantitative estimate of drug-likeness (QED) is 0.859. The lowest BCUT2D eigenvalue weighted by molar-refractivity contribution is 0.0573. The number of nitrogens with zero attached hydrogens (tertiary/aromatic N) is 1. The summed E-state index contributed by atoms with van der Waals surface area (Å²) in [6.45, 7) is 0.722. The van der Waals surface area contributed by atoms with Crippen molar-refractivity contribution in [2.45, 2.75) is 19.1 Å². The number of aromatic amines is 1. The van der Waals surface area contributed by atoms with E-state index in [-0.39, 0.29) is 11.9 Å². The minimum atomic E-state index is -0.135. The second-order valence-corrected chi connectivity index (χ2v) is 4.15. The molecule has 5 nitrogen and oxygen atoms in total. The van der Waals surface area contributed by atoms with Crippen molar-refractivity contribution in [2.75, 3.05) is 13.7 Å². The molecule has 2 aromatic rings. The van der Waals surface area contributed by atoms with Crippen LogP contribution in [0.5, 0.6) is 5.75 Å². The molecule has 90 valence electrons. The molecule has 1 unspecified atom stereocenters. The minimum absolute atomic E-state index is 0.125. The molecule has 2 heterocycles. The van der Waals surface area contributed by atoms with Gasteiger partial charge in [-0.05, 0) is 25.0 Å². The number of hydrogen-bond acceptors (Lipinski definition) is 3. The first kappa shape index (κ1) is 10.4. The second-order valence-electron chi connectivity index (χ2n) is 4.15. The first-order chi connectivity index (χ1) is 8.29. The van der Waals surface area contributed by atoms with Crippen LogP contribution >= 0.6 is 0 Å². The maximum absolute atomic E-state index is 11.9. The van der Waals surface area contributed by atoms with Crippen molar-refractivity contribution >= 4 is 11.0 Å². The molecule has 1 aromatic carbocycles. The summed E-state index contributed by atoms with van der Waals surface area (Å²) < 4.78 is 12.4. The fraction of sp³-hybridized carbons (Fsp3) is 0.417. The molecule has 1 aliphatic heterocycles. The standard InChI is InChI=1S/C12H14N2O3/c1-16-8-4-5-10-9(7-8)13-12(15)14(10)11-3-2-6-17-11/h4-5,7,11H,2-3,6H2,1H3,(H,13,15). The Balaban J connectivity index is 2.17. The van der Waals surface area contributed by atoms with Gasteiger partial charge in [-0.25, -0.2) is 4.79 Å². The number of nitrogens with one attached hydrogen (secondary N) is 1. The van der Waals surface area contributed by atoms with Crippen LogP contribution in [0.2, 0.25) is 0 Å². The summed E-state index contributed by atoms with van der Waals surface area (Å²) in [4.78, 5) is 14.7. The fourth-order valence-corrected chi connectivity index (χ4v) is 2.29. The Morgan fingerprint density at radius 1 is 1.53 bits per heavy atom. The molecule has 5 heteroatoms. The Labute approximate surface area is 98.0 Å². The van der Waals surface area contributed by atoms with Gasteiger partial charge in [0.2, 0.25) is 0 Å². The number of aromatic nitrogens is 2. The van der Waals surface area contributed by atoms with E-state index < -0.39 is 0 Å². The van der Waals surface area contributed by atoms with Gasteiger partial charge in [0.05, 0.1) is 18.1 Å². The monoisotopic (exact) mass is 234 g/mol. The van der Waals surface area contributed by atoms with Crippen LogP contribution in [-0.2, 0) is 4.74 Å². The molecule has 3 rings (SSSR count). The molecule has 0 amide bonds. The van der Waals surface area contributed by atoms with Crippen LogP contribution in [0, 0.1) is 0 Å². The molecule has 17 heavy (non-hydrogen) atoms. The van der Waals surface area contributed by atoms with Crippen LogP contribution in [0.25, 0.3) is 11.0 Å². The topological polar surface area (TPSA) is 56.2 Å². The highest BCUT2D eigenvalue weighted by Crippen LogP contribution is 2.26. The van der Waals surface area contributed by atoms with Gasteiger partial charge in [0, 0.05) is 12.7 Å². The molecule has 0 radical (unpaired) electrons. The van der Waals surface area contributed by atoms with Crippen molar-refractivity contribution in [1.82, 2.24) is 9.55 Å². The van der Waals surface area contributed by atoms with E-state index in [1.54, 1.807) is 11.7 Å². The molecule has 1 fully saturated rings. The van der Waals surface area contributed by atoms with Crippen molar-refractivity contribution in [3.63, 3.8) is 0 Å². The average Bonchev–Trinajstić information content (AvgIpc) is 2.93. The Morgan fingerprint density at radius 2 is 2.41 bits per heavy atom.